The van der Waals surface area contributed by atoms with Crippen LogP contribution in [0.5, 0.6) is 0 Å². The van der Waals surface area contributed by atoms with Gasteiger partial charge in [0.1, 0.15) is 0 Å². The summed E-state index contributed by atoms with van der Waals surface area (Å²) in [6.45, 7) is 1.95. The molecule has 0 bridgehead atoms. The summed E-state index contributed by atoms with van der Waals surface area (Å²) >= 11 is 0. The zero-order chi connectivity index (χ0) is 15.1. The van der Waals surface area contributed by atoms with E-state index < -0.39 is 18.1 Å². The molecule has 1 N–H and O–H groups in total. The minimum Gasteiger partial charge on any atom is -0.344 e. The molecule has 0 aromatic heterocycles. The molecule has 1 aliphatic carbocycles. The van der Waals surface area contributed by atoms with Crippen LogP contribution in [0.25, 0.3) is 0 Å². The van der Waals surface area contributed by atoms with E-state index in [0.29, 0.717) is 13.1 Å². The Morgan fingerprint density at radius 3 is 2.52 bits per heavy atom. The van der Waals surface area contributed by atoms with Crippen molar-refractivity contribution in [3.8, 4) is 0 Å². The Morgan fingerprint density at radius 1 is 1.29 bits per heavy atom. The minimum absolute atomic E-state index is 0.143. The van der Waals surface area contributed by atoms with Gasteiger partial charge < -0.3 is 5.32 Å². The number of amides is 1. The Labute approximate surface area is 121 Å². The summed E-state index contributed by atoms with van der Waals surface area (Å²) in [5, 5.41) is 2.18. The number of likely N-dealkylation sites (tertiary alicyclic amines) is 1. The quantitative estimate of drug-likeness (QED) is 0.929. The van der Waals surface area contributed by atoms with Gasteiger partial charge in [0.25, 0.3) is 0 Å². The smallest absolute Gasteiger partial charge is 0.344 e. The van der Waals surface area contributed by atoms with Crippen molar-refractivity contribution < 1.29 is 18.0 Å². The van der Waals surface area contributed by atoms with E-state index in [1.54, 1.807) is 0 Å². The molecule has 0 radical (unpaired) electrons. The Bertz CT molecular complexity index is 525. The van der Waals surface area contributed by atoms with E-state index in [2.05, 4.69) is 10.2 Å². The third-order valence-corrected chi connectivity index (χ3v) is 4.42. The summed E-state index contributed by atoms with van der Waals surface area (Å²) in [4.78, 5) is 13.3. The Hall–Kier alpha value is -1.56. The van der Waals surface area contributed by atoms with Crippen molar-refractivity contribution in [2.75, 3.05) is 13.1 Å². The predicted molar refractivity (Wildman–Crippen MR) is 71.4 cm³/mol. The number of rotatable bonds is 3. The minimum atomic E-state index is -4.80. The van der Waals surface area contributed by atoms with Crippen molar-refractivity contribution in [2.24, 2.45) is 5.41 Å². The summed E-state index contributed by atoms with van der Waals surface area (Å²) in [7, 11) is 0. The number of carbonyl (C=O) groups excluding carboxylic acids is 1. The van der Waals surface area contributed by atoms with Gasteiger partial charge in [0.15, 0.2) is 0 Å². The Kier molecular flexibility index (Phi) is 3.43. The molecule has 114 valence electrons. The fraction of sp³-hybridized carbons (Fsp3) is 0.533. The average molecular weight is 298 g/mol. The number of carbonyl (C=O) groups is 1. The fourth-order valence-corrected chi connectivity index (χ4v) is 3.14. The van der Waals surface area contributed by atoms with E-state index >= 15 is 0 Å². The number of nitrogens with zero attached hydrogens (tertiary/aromatic N) is 1. The Balaban J connectivity index is 1.63. The second kappa shape index (κ2) is 5.02. The fourth-order valence-electron chi connectivity index (χ4n) is 3.14. The van der Waals surface area contributed by atoms with Crippen molar-refractivity contribution in [1.29, 1.82) is 0 Å². The van der Waals surface area contributed by atoms with Crippen LogP contribution >= 0.6 is 0 Å². The maximum absolute atomic E-state index is 12.4. The standard InChI is InChI=1S/C15H17F3N2O/c16-15(17,18)13(21)19-12-9-20(10-14(12)6-7-14)8-11-4-2-1-3-5-11/h1-5,12H,6-10H2,(H,19,21). The molecule has 1 heterocycles. The van der Waals surface area contributed by atoms with Crippen molar-refractivity contribution in [3.63, 3.8) is 0 Å². The van der Waals surface area contributed by atoms with Gasteiger partial charge in [-0.05, 0) is 18.4 Å². The number of alkyl halides is 3. The lowest BCUT2D eigenvalue weighted by Crippen LogP contribution is -2.47. The monoisotopic (exact) mass is 298 g/mol. The third-order valence-electron chi connectivity index (χ3n) is 4.42. The van der Waals surface area contributed by atoms with E-state index in [1.807, 2.05) is 30.3 Å². The first-order chi connectivity index (χ1) is 9.89. The van der Waals surface area contributed by atoms with Gasteiger partial charge in [-0.2, -0.15) is 13.2 Å². The number of hydrogen-bond acceptors (Lipinski definition) is 2. The molecule has 2 fully saturated rings. The maximum Gasteiger partial charge on any atom is 0.471 e. The summed E-state index contributed by atoms with van der Waals surface area (Å²) in [5.41, 5.74) is 0.992. The predicted octanol–water partition coefficient (Wildman–Crippen LogP) is 2.33. The van der Waals surface area contributed by atoms with Gasteiger partial charge in [-0.3, -0.25) is 9.69 Å². The molecule has 21 heavy (non-hydrogen) atoms. The van der Waals surface area contributed by atoms with Gasteiger partial charge >= 0.3 is 12.1 Å². The molecule has 1 aliphatic heterocycles. The molecular formula is C15H17F3N2O. The second-order valence-corrected chi connectivity index (χ2v) is 6.04. The highest BCUT2D eigenvalue weighted by Crippen LogP contribution is 2.53. The van der Waals surface area contributed by atoms with Crippen LogP contribution in [0.2, 0.25) is 0 Å². The van der Waals surface area contributed by atoms with Crippen molar-refractivity contribution in [2.45, 2.75) is 31.6 Å². The highest BCUT2D eigenvalue weighted by atomic mass is 19.4. The van der Waals surface area contributed by atoms with Gasteiger partial charge in [0.05, 0.1) is 0 Å². The zero-order valence-corrected chi connectivity index (χ0v) is 11.5. The molecule has 1 saturated carbocycles. The molecule has 2 aliphatic rings. The first-order valence-corrected chi connectivity index (χ1v) is 7.03. The van der Waals surface area contributed by atoms with Crippen molar-refractivity contribution in [3.05, 3.63) is 35.9 Å². The summed E-state index contributed by atoms with van der Waals surface area (Å²) in [5.74, 6) is -1.82. The van der Waals surface area contributed by atoms with Crippen LogP contribution in [0.4, 0.5) is 13.2 Å². The lowest BCUT2D eigenvalue weighted by Gasteiger charge is -2.19. The van der Waals surface area contributed by atoms with Crippen LogP contribution in [0.15, 0.2) is 30.3 Å². The summed E-state index contributed by atoms with van der Waals surface area (Å²) in [6.07, 6.45) is -3.02. The van der Waals surface area contributed by atoms with E-state index in [4.69, 9.17) is 0 Å². The van der Waals surface area contributed by atoms with Gasteiger partial charge in [0.2, 0.25) is 0 Å². The lowest BCUT2D eigenvalue weighted by atomic mass is 10.0. The highest BCUT2D eigenvalue weighted by Gasteiger charge is 2.56. The molecular weight excluding hydrogens is 281 g/mol. The van der Waals surface area contributed by atoms with Crippen LogP contribution in [0.1, 0.15) is 18.4 Å². The zero-order valence-electron chi connectivity index (χ0n) is 11.5. The molecule has 1 unspecified atom stereocenters. The second-order valence-electron chi connectivity index (χ2n) is 6.04. The van der Waals surface area contributed by atoms with E-state index in [1.165, 1.54) is 0 Å². The highest BCUT2D eigenvalue weighted by molar-refractivity contribution is 5.82. The topological polar surface area (TPSA) is 32.3 Å². The molecule has 1 amide bonds. The average Bonchev–Trinajstić information content (AvgIpc) is 3.10. The molecule has 6 heteroatoms. The maximum atomic E-state index is 12.4. The number of benzene rings is 1. The van der Waals surface area contributed by atoms with E-state index in [9.17, 15) is 18.0 Å². The van der Waals surface area contributed by atoms with Crippen molar-refractivity contribution in [1.82, 2.24) is 10.2 Å². The SMILES string of the molecule is O=C(NC1CN(Cc2ccccc2)CC12CC2)C(F)(F)F. The van der Waals surface area contributed by atoms with E-state index in [0.717, 1.165) is 24.9 Å². The van der Waals surface area contributed by atoms with Crippen LogP contribution in [-0.4, -0.2) is 36.1 Å². The Morgan fingerprint density at radius 2 is 1.95 bits per heavy atom. The summed E-state index contributed by atoms with van der Waals surface area (Å²) < 4.78 is 37.2. The van der Waals surface area contributed by atoms with Crippen LogP contribution in [-0.2, 0) is 11.3 Å². The first-order valence-electron chi connectivity index (χ1n) is 7.03. The van der Waals surface area contributed by atoms with Gasteiger partial charge in [-0.25, -0.2) is 0 Å². The molecule has 3 rings (SSSR count). The first kappa shape index (κ1) is 14.4. The van der Waals surface area contributed by atoms with Gasteiger partial charge in [-0.1, -0.05) is 30.3 Å². The van der Waals surface area contributed by atoms with Crippen LogP contribution in [0, 0.1) is 5.41 Å². The number of halogens is 3. The van der Waals surface area contributed by atoms with Gasteiger partial charge in [-0.15, -0.1) is 0 Å². The molecule has 3 nitrogen and oxygen atoms in total. The molecule has 1 saturated heterocycles. The van der Waals surface area contributed by atoms with Gasteiger partial charge in [0, 0.05) is 31.1 Å². The molecule has 1 atom stereocenters. The van der Waals surface area contributed by atoms with E-state index in [-0.39, 0.29) is 5.41 Å². The lowest BCUT2D eigenvalue weighted by molar-refractivity contribution is -0.174. The summed E-state index contributed by atoms with van der Waals surface area (Å²) in [6, 6.07) is 9.43. The molecule has 1 spiro atoms. The molecule has 1 aromatic rings. The van der Waals surface area contributed by atoms with Crippen LogP contribution < -0.4 is 5.32 Å². The number of hydrogen-bond donors (Lipinski definition) is 1. The normalized spacial score (nSPS) is 24.2. The van der Waals surface area contributed by atoms with Crippen LogP contribution in [0.3, 0.4) is 0 Å². The largest absolute Gasteiger partial charge is 0.471 e. The third kappa shape index (κ3) is 3.05. The number of nitrogens with one attached hydrogen (secondary N) is 1. The van der Waals surface area contributed by atoms with Crippen molar-refractivity contribution >= 4 is 5.91 Å². The molecule has 1 aromatic carbocycles.